The standard InChI is InChI=1S/C20H30O8/c1-5-13(21)11-17(15(23)7-3)27-19(25)9-10-20(26)28-18(16(24)8-4)12-14(22)6-2/h17-18H,5-12H2,1-4H3. The van der Waals surface area contributed by atoms with Crippen LogP contribution in [-0.4, -0.2) is 47.3 Å². The number of hydrogen-bond acceptors (Lipinski definition) is 8. The number of ether oxygens (including phenoxy) is 2. The summed E-state index contributed by atoms with van der Waals surface area (Å²) < 4.78 is 10.1. The molecule has 0 fully saturated rings. The molecule has 8 heteroatoms. The van der Waals surface area contributed by atoms with Crippen molar-refractivity contribution < 1.29 is 38.2 Å². The SMILES string of the molecule is CCC(=O)CC(OC(=O)CCC(=O)OC(CC(=O)CC)C(=O)CC)C(=O)CC. The summed E-state index contributed by atoms with van der Waals surface area (Å²) >= 11 is 0. The topological polar surface area (TPSA) is 121 Å². The molecule has 0 aliphatic heterocycles. The Bertz CT molecular complexity index is 541. The fourth-order valence-electron chi connectivity index (χ4n) is 2.24. The van der Waals surface area contributed by atoms with E-state index in [-0.39, 0.29) is 74.5 Å². The molecule has 0 aromatic heterocycles. The van der Waals surface area contributed by atoms with Crippen LogP contribution in [0.5, 0.6) is 0 Å². The van der Waals surface area contributed by atoms with Gasteiger partial charge >= 0.3 is 11.9 Å². The fraction of sp³-hybridized carbons (Fsp3) is 0.700. The zero-order valence-corrected chi connectivity index (χ0v) is 17.1. The second-order valence-corrected chi connectivity index (χ2v) is 6.29. The highest BCUT2D eigenvalue weighted by molar-refractivity contribution is 5.92. The lowest BCUT2D eigenvalue weighted by atomic mass is 10.1. The summed E-state index contributed by atoms with van der Waals surface area (Å²) in [4.78, 5) is 70.6. The number of rotatable bonds is 15. The summed E-state index contributed by atoms with van der Waals surface area (Å²) in [5, 5.41) is 0. The molecule has 0 amide bonds. The van der Waals surface area contributed by atoms with Gasteiger partial charge in [-0.2, -0.15) is 0 Å². The van der Waals surface area contributed by atoms with Crippen LogP contribution in [-0.2, 0) is 38.2 Å². The number of carbonyl (C=O) groups is 6. The highest BCUT2D eigenvalue weighted by Gasteiger charge is 2.26. The third-order valence-electron chi connectivity index (χ3n) is 4.11. The number of carbonyl (C=O) groups excluding carboxylic acids is 6. The Balaban J connectivity index is 4.69. The Labute approximate surface area is 165 Å². The molecule has 28 heavy (non-hydrogen) atoms. The van der Waals surface area contributed by atoms with Gasteiger partial charge in [-0.15, -0.1) is 0 Å². The molecule has 0 aliphatic carbocycles. The normalized spacial score (nSPS) is 12.6. The van der Waals surface area contributed by atoms with Gasteiger partial charge in [0.25, 0.3) is 0 Å². The first kappa shape index (κ1) is 25.6. The van der Waals surface area contributed by atoms with Crippen molar-refractivity contribution in [3.05, 3.63) is 0 Å². The molecule has 0 bridgehead atoms. The third-order valence-corrected chi connectivity index (χ3v) is 4.11. The first-order valence-electron chi connectivity index (χ1n) is 9.66. The van der Waals surface area contributed by atoms with E-state index in [1.54, 1.807) is 27.7 Å². The van der Waals surface area contributed by atoms with Gasteiger partial charge in [0.05, 0.1) is 25.7 Å². The smallest absolute Gasteiger partial charge is 0.307 e. The Kier molecular flexibility index (Phi) is 12.6. The van der Waals surface area contributed by atoms with E-state index in [1.165, 1.54) is 0 Å². The molecule has 0 spiro atoms. The molecule has 0 N–H and O–H groups in total. The van der Waals surface area contributed by atoms with Crippen LogP contribution in [0.3, 0.4) is 0 Å². The molecule has 0 aromatic rings. The lowest BCUT2D eigenvalue weighted by Gasteiger charge is -2.17. The van der Waals surface area contributed by atoms with Gasteiger partial charge in [0.15, 0.2) is 23.8 Å². The van der Waals surface area contributed by atoms with Crippen molar-refractivity contribution in [1.82, 2.24) is 0 Å². The first-order chi connectivity index (χ1) is 13.2. The Hall–Kier alpha value is -2.38. The molecule has 2 unspecified atom stereocenters. The molecule has 0 saturated heterocycles. The summed E-state index contributed by atoms with van der Waals surface area (Å²) in [5.41, 5.74) is 0. The molecule has 0 aliphatic rings. The molecule has 0 saturated carbocycles. The van der Waals surface area contributed by atoms with Crippen LogP contribution in [0.15, 0.2) is 0 Å². The van der Waals surface area contributed by atoms with Crippen molar-refractivity contribution in [3.8, 4) is 0 Å². The van der Waals surface area contributed by atoms with Crippen LogP contribution in [0.1, 0.15) is 79.1 Å². The van der Waals surface area contributed by atoms with Crippen molar-refractivity contribution >= 4 is 35.1 Å². The van der Waals surface area contributed by atoms with E-state index in [4.69, 9.17) is 9.47 Å². The van der Waals surface area contributed by atoms with E-state index in [0.717, 1.165) is 0 Å². The number of ketones is 4. The molecular weight excluding hydrogens is 368 g/mol. The summed E-state index contributed by atoms with van der Waals surface area (Å²) in [7, 11) is 0. The maximum Gasteiger partial charge on any atom is 0.307 e. The molecule has 0 rings (SSSR count). The van der Waals surface area contributed by atoms with Crippen LogP contribution >= 0.6 is 0 Å². The average Bonchev–Trinajstić information content (AvgIpc) is 2.69. The van der Waals surface area contributed by atoms with Gasteiger partial charge < -0.3 is 9.47 Å². The number of hydrogen-bond donors (Lipinski definition) is 0. The van der Waals surface area contributed by atoms with Gasteiger partial charge in [-0.3, -0.25) is 28.8 Å². The zero-order valence-electron chi connectivity index (χ0n) is 17.1. The van der Waals surface area contributed by atoms with Crippen LogP contribution in [0.4, 0.5) is 0 Å². The Morgan fingerprint density at radius 1 is 0.571 bits per heavy atom. The minimum absolute atomic E-state index is 0.114. The van der Waals surface area contributed by atoms with Gasteiger partial charge in [0.2, 0.25) is 0 Å². The third kappa shape index (κ3) is 10.1. The van der Waals surface area contributed by atoms with Crippen molar-refractivity contribution in [2.24, 2.45) is 0 Å². The quantitative estimate of drug-likeness (QED) is 0.385. The summed E-state index contributed by atoms with van der Waals surface area (Å²) in [6, 6.07) is 0. The Morgan fingerprint density at radius 2 is 0.893 bits per heavy atom. The summed E-state index contributed by atoms with van der Waals surface area (Å²) in [6.07, 6.45) is -2.73. The molecule has 8 nitrogen and oxygen atoms in total. The van der Waals surface area contributed by atoms with Gasteiger partial charge in [-0.25, -0.2) is 0 Å². The van der Waals surface area contributed by atoms with Gasteiger partial charge in [-0.05, 0) is 0 Å². The van der Waals surface area contributed by atoms with E-state index in [2.05, 4.69) is 0 Å². The van der Waals surface area contributed by atoms with Gasteiger partial charge in [0, 0.05) is 25.7 Å². The highest BCUT2D eigenvalue weighted by Crippen LogP contribution is 2.11. The molecule has 2 atom stereocenters. The van der Waals surface area contributed by atoms with Crippen molar-refractivity contribution in [1.29, 1.82) is 0 Å². The maximum absolute atomic E-state index is 11.9. The van der Waals surface area contributed by atoms with E-state index < -0.39 is 24.1 Å². The van der Waals surface area contributed by atoms with E-state index >= 15 is 0 Å². The molecule has 0 aromatic carbocycles. The molecule has 158 valence electrons. The number of esters is 2. The summed E-state index contributed by atoms with van der Waals surface area (Å²) in [6.45, 7) is 6.48. The highest BCUT2D eigenvalue weighted by atomic mass is 16.6. The van der Waals surface area contributed by atoms with E-state index in [0.29, 0.717) is 0 Å². The largest absolute Gasteiger partial charge is 0.454 e. The van der Waals surface area contributed by atoms with Crippen LogP contribution in [0.2, 0.25) is 0 Å². The maximum atomic E-state index is 11.9. The molecule has 0 radical (unpaired) electrons. The van der Waals surface area contributed by atoms with Crippen molar-refractivity contribution in [2.75, 3.05) is 0 Å². The van der Waals surface area contributed by atoms with Crippen LogP contribution in [0, 0.1) is 0 Å². The molecular formula is C20H30O8. The lowest BCUT2D eigenvalue weighted by Crippen LogP contribution is -2.31. The van der Waals surface area contributed by atoms with E-state index in [1.807, 2.05) is 0 Å². The average molecular weight is 398 g/mol. The van der Waals surface area contributed by atoms with Crippen LogP contribution in [0.25, 0.3) is 0 Å². The first-order valence-corrected chi connectivity index (χ1v) is 9.66. The minimum Gasteiger partial charge on any atom is -0.454 e. The minimum atomic E-state index is -1.16. The van der Waals surface area contributed by atoms with Gasteiger partial charge in [0.1, 0.15) is 11.6 Å². The second-order valence-electron chi connectivity index (χ2n) is 6.29. The zero-order chi connectivity index (χ0) is 21.7. The molecule has 0 heterocycles. The fourth-order valence-corrected chi connectivity index (χ4v) is 2.24. The van der Waals surface area contributed by atoms with Crippen molar-refractivity contribution in [3.63, 3.8) is 0 Å². The lowest BCUT2D eigenvalue weighted by molar-refractivity contribution is -0.161. The predicted molar refractivity (Wildman–Crippen MR) is 99.4 cm³/mol. The number of Topliss-reactive ketones (excluding diaryl/α,β-unsaturated/α-hetero) is 4. The summed E-state index contributed by atoms with van der Waals surface area (Å²) in [5.74, 6) is -2.78. The van der Waals surface area contributed by atoms with Crippen molar-refractivity contribution in [2.45, 2.75) is 91.3 Å². The monoisotopic (exact) mass is 398 g/mol. The van der Waals surface area contributed by atoms with E-state index in [9.17, 15) is 28.8 Å². The second kappa shape index (κ2) is 13.7. The van der Waals surface area contributed by atoms with Crippen LogP contribution < -0.4 is 0 Å². The van der Waals surface area contributed by atoms with Gasteiger partial charge in [-0.1, -0.05) is 27.7 Å². The predicted octanol–water partition coefficient (Wildman–Crippen LogP) is 2.29. The Morgan fingerprint density at radius 3 is 1.14 bits per heavy atom.